The zero-order chi connectivity index (χ0) is 8.15. The SMILES string of the molecule is CC(Cl)C(=O)OC(=O)CN. The fraction of sp³-hybridized carbons (Fsp3) is 0.600. The summed E-state index contributed by atoms with van der Waals surface area (Å²) in [5.41, 5.74) is 4.85. The molecule has 0 spiro atoms. The molecule has 0 rings (SSSR count). The van der Waals surface area contributed by atoms with Crippen LogP contribution < -0.4 is 5.73 Å². The molecule has 2 N–H and O–H groups in total. The van der Waals surface area contributed by atoms with E-state index in [2.05, 4.69) is 4.74 Å². The normalized spacial score (nSPS) is 12.3. The summed E-state index contributed by atoms with van der Waals surface area (Å²) in [5.74, 6) is -1.53. The first kappa shape index (κ1) is 9.39. The molecule has 0 aromatic rings. The summed E-state index contributed by atoms with van der Waals surface area (Å²) in [6, 6.07) is 0. The molecule has 0 aliphatic rings. The molecule has 0 radical (unpaired) electrons. The van der Waals surface area contributed by atoms with Crippen LogP contribution >= 0.6 is 11.6 Å². The van der Waals surface area contributed by atoms with Crippen molar-refractivity contribution >= 4 is 23.5 Å². The molecule has 1 atom stereocenters. The van der Waals surface area contributed by atoms with Gasteiger partial charge >= 0.3 is 11.9 Å². The smallest absolute Gasteiger partial charge is 0.331 e. The lowest BCUT2D eigenvalue weighted by molar-refractivity contribution is -0.158. The van der Waals surface area contributed by atoms with E-state index in [9.17, 15) is 9.59 Å². The molecule has 5 heteroatoms. The first-order valence-electron chi connectivity index (χ1n) is 2.66. The van der Waals surface area contributed by atoms with Crippen LogP contribution in [0.25, 0.3) is 0 Å². The average molecular weight is 166 g/mol. The molecule has 0 saturated carbocycles. The second-order valence-corrected chi connectivity index (χ2v) is 2.27. The van der Waals surface area contributed by atoms with Crippen molar-refractivity contribution < 1.29 is 14.3 Å². The molecule has 0 aromatic carbocycles. The predicted molar refractivity (Wildman–Crippen MR) is 35.5 cm³/mol. The van der Waals surface area contributed by atoms with Crippen LogP contribution in [-0.2, 0) is 14.3 Å². The van der Waals surface area contributed by atoms with Gasteiger partial charge in [0.15, 0.2) is 0 Å². The average Bonchev–Trinajstić information content (AvgIpc) is 1.87. The van der Waals surface area contributed by atoms with E-state index in [0.29, 0.717) is 0 Å². The summed E-state index contributed by atoms with van der Waals surface area (Å²) in [4.78, 5) is 20.8. The molecule has 0 aliphatic heterocycles. The van der Waals surface area contributed by atoms with E-state index in [4.69, 9.17) is 17.3 Å². The van der Waals surface area contributed by atoms with Gasteiger partial charge in [0.2, 0.25) is 0 Å². The van der Waals surface area contributed by atoms with Crippen molar-refractivity contribution in [3.8, 4) is 0 Å². The van der Waals surface area contributed by atoms with Crippen molar-refractivity contribution in [1.82, 2.24) is 0 Å². The maximum atomic E-state index is 10.5. The van der Waals surface area contributed by atoms with Gasteiger partial charge in [-0.25, -0.2) is 4.79 Å². The molecule has 0 bridgehead atoms. The number of halogens is 1. The Morgan fingerprint density at radius 2 is 2.20 bits per heavy atom. The lowest BCUT2D eigenvalue weighted by Crippen LogP contribution is -2.24. The van der Waals surface area contributed by atoms with Crippen molar-refractivity contribution in [2.75, 3.05) is 6.54 Å². The molecule has 10 heavy (non-hydrogen) atoms. The van der Waals surface area contributed by atoms with Gasteiger partial charge in [0.05, 0.1) is 6.54 Å². The van der Waals surface area contributed by atoms with E-state index in [-0.39, 0.29) is 6.54 Å². The maximum Gasteiger partial charge on any atom is 0.331 e. The number of rotatable bonds is 2. The Morgan fingerprint density at radius 1 is 1.70 bits per heavy atom. The monoisotopic (exact) mass is 165 g/mol. The lowest BCUT2D eigenvalue weighted by Gasteiger charge is -2.00. The number of hydrogen-bond acceptors (Lipinski definition) is 4. The molecule has 0 saturated heterocycles. The molecule has 0 fully saturated rings. The van der Waals surface area contributed by atoms with Crippen molar-refractivity contribution in [3.05, 3.63) is 0 Å². The fourth-order valence-corrected chi connectivity index (χ4v) is 0.280. The highest BCUT2D eigenvalue weighted by atomic mass is 35.5. The van der Waals surface area contributed by atoms with Gasteiger partial charge in [-0.15, -0.1) is 11.6 Å². The van der Waals surface area contributed by atoms with Crippen LogP contribution in [0, 0.1) is 0 Å². The summed E-state index contributed by atoms with van der Waals surface area (Å²) in [7, 11) is 0. The Kier molecular flexibility index (Phi) is 3.99. The zero-order valence-electron chi connectivity index (χ0n) is 5.46. The van der Waals surface area contributed by atoms with E-state index in [1.54, 1.807) is 0 Å². The van der Waals surface area contributed by atoms with Crippen LogP contribution in [0.15, 0.2) is 0 Å². The van der Waals surface area contributed by atoms with Gasteiger partial charge in [-0.3, -0.25) is 4.79 Å². The molecule has 0 aromatic heterocycles. The zero-order valence-corrected chi connectivity index (χ0v) is 6.22. The highest BCUT2D eigenvalue weighted by Gasteiger charge is 2.13. The number of ether oxygens (including phenoxy) is 1. The third-order valence-electron chi connectivity index (χ3n) is 0.706. The van der Waals surface area contributed by atoms with E-state index in [0.717, 1.165) is 0 Å². The number of hydrogen-bond donors (Lipinski definition) is 1. The second-order valence-electron chi connectivity index (χ2n) is 1.61. The molecule has 1 unspecified atom stereocenters. The quantitative estimate of drug-likeness (QED) is 0.345. The maximum absolute atomic E-state index is 10.5. The summed E-state index contributed by atoms with van der Waals surface area (Å²) in [6.45, 7) is 1.10. The Morgan fingerprint density at radius 3 is 2.50 bits per heavy atom. The minimum Gasteiger partial charge on any atom is -0.391 e. The first-order chi connectivity index (χ1) is 4.57. The summed E-state index contributed by atoms with van der Waals surface area (Å²) < 4.78 is 4.13. The summed E-state index contributed by atoms with van der Waals surface area (Å²) >= 11 is 5.26. The Labute approximate surface area is 63.3 Å². The fourth-order valence-electron chi connectivity index (χ4n) is 0.235. The van der Waals surface area contributed by atoms with Gasteiger partial charge in [0, 0.05) is 0 Å². The van der Waals surface area contributed by atoms with Crippen LogP contribution in [0.2, 0.25) is 0 Å². The van der Waals surface area contributed by atoms with E-state index >= 15 is 0 Å². The predicted octanol–water partition coefficient (Wildman–Crippen LogP) is -0.358. The minimum atomic E-state index is -0.810. The number of alkyl halides is 1. The van der Waals surface area contributed by atoms with E-state index in [1.165, 1.54) is 6.92 Å². The van der Waals surface area contributed by atoms with Crippen molar-refractivity contribution in [2.45, 2.75) is 12.3 Å². The summed E-state index contributed by atoms with van der Waals surface area (Å²) in [6.07, 6.45) is 0. The van der Waals surface area contributed by atoms with Crippen LogP contribution in [-0.4, -0.2) is 23.9 Å². The highest BCUT2D eigenvalue weighted by Crippen LogP contribution is 1.95. The van der Waals surface area contributed by atoms with E-state index in [1.807, 2.05) is 0 Å². The molecular formula is C5H8ClNO3. The molecule has 0 amide bonds. The summed E-state index contributed by atoms with van der Waals surface area (Å²) in [5, 5.41) is -0.810. The molecule has 58 valence electrons. The third kappa shape index (κ3) is 3.42. The van der Waals surface area contributed by atoms with Crippen LogP contribution in [0.4, 0.5) is 0 Å². The number of carbonyl (C=O) groups excluding carboxylic acids is 2. The van der Waals surface area contributed by atoms with Gasteiger partial charge in [-0.05, 0) is 6.92 Å². The van der Waals surface area contributed by atoms with Gasteiger partial charge < -0.3 is 10.5 Å². The van der Waals surface area contributed by atoms with Gasteiger partial charge in [0.1, 0.15) is 5.38 Å². The van der Waals surface area contributed by atoms with Crippen molar-refractivity contribution in [2.24, 2.45) is 5.73 Å². The topological polar surface area (TPSA) is 69.4 Å². The Hall–Kier alpha value is -0.610. The van der Waals surface area contributed by atoms with Crippen LogP contribution in [0.3, 0.4) is 0 Å². The Bertz CT molecular complexity index is 146. The van der Waals surface area contributed by atoms with Gasteiger partial charge in [0.25, 0.3) is 0 Å². The molecular weight excluding hydrogens is 158 g/mol. The highest BCUT2D eigenvalue weighted by molar-refractivity contribution is 6.30. The Balaban J connectivity index is 3.69. The number of esters is 2. The van der Waals surface area contributed by atoms with Crippen molar-refractivity contribution in [1.29, 1.82) is 0 Å². The molecule has 4 nitrogen and oxygen atoms in total. The number of carbonyl (C=O) groups is 2. The number of nitrogens with two attached hydrogens (primary N) is 1. The van der Waals surface area contributed by atoms with Crippen LogP contribution in [0.1, 0.15) is 6.92 Å². The van der Waals surface area contributed by atoms with E-state index < -0.39 is 17.3 Å². The molecule has 0 heterocycles. The minimum absolute atomic E-state index is 0.310. The lowest BCUT2D eigenvalue weighted by atomic mass is 10.5. The van der Waals surface area contributed by atoms with Gasteiger partial charge in [-0.2, -0.15) is 0 Å². The largest absolute Gasteiger partial charge is 0.391 e. The standard InChI is InChI=1S/C5H8ClNO3/c1-3(6)5(9)10-4(8)2-7/h3H,2,7H2,1H3. The van der Waals surface area contributed by atoms with Gasteiger partial charge in [-0.1, -0.05) is 0 Å². The third-order valence-corrected chi connectivity index (χ3v) is 0.884. The first-order valence-corrected chi connectivity index (χ1v) is 3.10. The van der Waals surface area contributed by atoms with Crippen LogP contribution in [0.5, 0.6) is 0 Å². The second kappa shape index (κ2) is 4.24. The molecule has 0 aliphatic carbocycles. The van der Waals surface area contributed by atoms with Crippen molar-refractivity contribution in [3.63, 3.8) is 0 Å².